The van der Waals surface area contributed by atoms with Gasteiger partial charge in [-0.15, -0.1) is 0 Å². The SMILES string of the molecule is C=C/C(=C\C=C(/C)OC1CCC1)c1ccc2c3cnccc3n(C)c2c1. The summed E-state index contributed by atoms with van der Waals surface area (Å²) >= 11 is 0. The predicted molar refractivity (Wildman–Crippen MR) is 109 cm³/mol. The summed E-state index contributed by atoms with van der Waals surface area (Å²) in [5.41, 5.74) is 4.64. The maximum absolute atomic E-state index is 5.92. The van der Waals surface area contributed by atoms with Crippen molar-refractivity contribution in [3.63, 3.8) is 0 Å². The average Bonchev–Trinajstić information content (AvgIpc) is 2.92. The number of aromatic nitrogens is 2. The van der Waals surface area contributed by atoms with Gasteiger partial charge >= 0.3 is 0 Å². The quantitative estimate of drug-likeness (QED) is 0.434. The molecule has 0 saturated heterocycles. The van der Waals surface area contributed by atoms with Gasteiger partial charge in [-0.1, -0.05) is 30.9 Å². The Bertz CT molecular complexity index is 1030. The van der Waals surface area contributed by atoms with Crippen molar-refractivity contribution in [2.45, 2.75) is 32.3 Å². The monoisotopic (exact) mass is 344 g/mol. The Kier molecular flexibility index (Phi) is 4.37. The number of allylic oxidation sites excluding steroid dienone is 5. The second-order valence-electron chi connectivity index (χ2n) is 6.96. The maximum Gasteiger partial charge on any atom is 0.0982 e. The van der Waals surface area contributed by atoms with E-state index in [2.05, 4.69) is 53.5 Å². The first-order chi connectivity index (χ1) is 12.7. The number of rotatable bonds is 5. The molecule has 1 aromatic carbocycles. The summed E-state index contributed by atoms with van der Waals surface area (Å²) in [7, 11) is 2.10. The molecule has 2 aromatic heterocycles. The van der Waals surface area contributed by atoms with Gasteiger partial charge in [0, 0.05) is 35.7 Å². The summed E-state index contributed by atoms with van der Waals surface area (Å²) in [6.07, 6.45) is 13.9. The topological polar surface area (TPSA) is 27.1 Å². The van der Waals surface area contributed by atoms with Crippen LogP contribution in [0.2, 0.25) is 0 Å². The molecular weight excluding hydrogens is 320 g/mol. The van der Waals surface area contributed by atoms with E-state index in [1.54, 1.807) is 0 Å². The molecule has 26 heavy (non-hydrogen) atoms. The molecule has 0 N–H and O–H groups in total. The molecule has 4 rings (SSSR count). The standard InChI is InChI=1S/C23H24N2O/c1-4-17(9-8-16(2)26-19-6-5-7-19)18-10-11-20-21-15-24-13-12-22(21)25(3)23(20)14-18/h4,8-15,19H,1,5-7H2,2-3H3/b16-8+,17-9+. The van der Waals surface area contributed by atoms with Crippen molar-refractivity contribution < 1.29 is 4.74 Å². The molecule has 1 aliphatic carbocycles. The lowest BCUT2D eigenvalue weighted by Crippen LogP contribution is -2.20. The minimum Gasteiger partial charge on any atom is -0.495 e. The minimum absolute atomic E-state index is 0.410. The molecule has 0 radical (unpaired) electrons. The van der Waals surface area contributed by atoms with Crippen LogP contribution in [-0.4, -0.2) is 15.7 Å². The van der Waals surface area contributed by atoms with Crippen LogP contribution in [0.4, 0.5) is 0 Å². The van der Waals surface area contributed by atoms with Gasteiger partial charge in [0.05, 0.1) is 17.4 Å². The fraction of sp³-hybridized carbons (Fsp3) is 0.261. The third-order valence-electron chi connectivity index (χ3n) is 5.26. The van der Waals surface area contributed by atoms with Crippen LogP contribution in [0.3, 0.4) is 0 Å². The maximum atomic E-state index is 5.92. The Labute approximate surface area is 154 Å². The molecule has 0 unspecified atom stereocenters. The third kappa shape index (κ3) is 2.94. The Morgan fingerprint density at radius 3 is 2.77 bits per heavy atom. The van der Waals surface area contributed by atoms with Crippen molar-refractivity contribution in [2.75, 3.05) is 0 Å². The second-order valence-corrected chi connectivity index (χ2v) is 6.96. The number of hydrogen-bond donors (Lipinski definition) is 0. The smallest absolute Gasteiger partial charge is 0.0982 e. The molecular formula is C23H24N2O. The van der Waals surface area contributed by atoms with Gasteiger partial charge in [-0.05, 0) is 55.5 Å². The predicted octanol–water partition coefficient (Wildman–Crippen LogP) is 5.77. The summed E-state index contributed by atoms with van der Waals surface area (Å²) < 4.78 is 8.14. The first kappa shape index (κ1) is 16.6. The van der Waals surface area contributed by atoms with E-state index in [0.29, 0.717) is 6.10 Å². The first-order valence-electron chi connectivity index (χ1n) is 9.17. The van der Waals surface area contributed by atoms with Gasteiger partial charge in [0.25, 0.3) is 0 Å². The van der Waals surface area contributed by atoms with Gasteiger partial charge in [-0.3, -0.25) is 4.98 Å². The number of aryl methyl sites for hydroxylation is 1. The van der Waals surface area contributed by atoms with E-state index in [4.69, 9.17) is 4.74 Å². The van der Waals surface area contributed by atoms with Crippen molar-refractivity contribution in [2.24, 2.45) is 7.05 Å². The number of pyridine rings is 1. The lowest BCUT2D eigenvalue weighted by atomic mass is 9.96. The fourth-order valence-corrected chi connectivity index (χ4v) is 3.51. The van der Waals surface area contributed by atoms with Crippen molar-refractivity contribution in [1.82, 2.24) is 9.55 Å². The molecule has 1 aliphatic rings. The van der Waals surface area contributed by atoms with E-state index in [1.807, 2.05) is 31.5 Å². The average molecular weight is 344 g/mol. The molecule has 0 aliphatic heterocycles. The zero-order chi connectivity index (χ0) is 18.1. The van der Waals surface area contributed by atoms with Gasteiger partial charge in [-0.2, -0.15) is 0 Å². The molecule has 3 aromatic rings. The lowest BCUT2D eigenvalue weighted by Gasteiger charge is -2.26. The minimum atomic E-state index is 0.410. The number of hydrogen-bond acceptors (Lipinski definition) is 2. The Hall–Kier alpha value is -2.81. The molecule has 1 saturated carbocycles. The van der Waals surface area contributed by atoms with E-state index in [0.717, 1.165) is 16.9 Å². The van der Waals surface area contributed by atoms with Crippen LogP contribution in [0.15, 0.2) is 67.2 Å². The van der Waals surface area contributed by atoms with Crippen LogP contribution in [-0.2, 0) is 11.8 Å². The zero-order valence-corrected chi connectivity index (χ0v) is 15.4. The number of nitrogens with zero attached hydrogens (tertiary/aromatic N) is 2. The molecule has 0 amide bonds. The van der Waals surface area contributed by atoms with Crippen molar-refractivity contribution >= 4 is 27.4 Å². The summed E-state index contributed by atoms with van der Waals surface area (Å²) in [6, 6.07) is 8.60. The Balaban J connectivity index is 1.70. The first-order valence-corrected chi connectivity index (χ1v) is 9.17. The highest BCUT2D eigenvalue weighted by Crippen LogP contribution is 2.30. The van der Waals surface area contributed by atoms with Gasteiger partial charge in [0.15, 0.2) is 0 Å². The summed E-state index contributed by atoms with van der Waals surface area (Å²) in [4.78, 5) is 4.27. The normalized spacial score (nSPS) is 16.1. The van der Waals surface area contributed by atoms with Gasteiger partial charge in [0.2, 0.25) is 0 Å². The Morgan fingerprint density at radius 2 is 2.04 bits per heavy atom. The highest BCUT2D eigenvalue weighted by molar-refractivity contribution is 6.08. The number of benzene rings is 1. The van der Waals surface area contributed by atoms with E-state index in [-0.39, 0.29) is 0 Å². The molecule has 0 bridgehead atoms. The molecule has 1 fully saturated rings. The van der Waals surface area contributed by atoms with Crippen LogP contribution in [0.5, 0.6) is 0 Å². The highest BCUT2D eigenvalue weighted by atomic mass is 16.5. The van der Waals surface area contributed by atoms with Gasteiger partial charge < -0.3 is 9.30 Å². The van der Waals surface area contributed by atoms with Crippen molar-refractivity contribution in [3.8, 4) is 0 Å². The Morgan fingerprint density at radius 1 is 1.19 bits per heavy atom. The van der Waals surface area contributed by atoms with Crippen LogP contribution < -0.4 is 0 Å². The van der Waals surface area contributed by atoms with E-state index in [1.165, 1.54) is 41.1 Å². The molecule has 0 atom stereocenters. The lowest BCUT2D eigenvalue weighted by molar-refractivity contribution is 0.0534. The molecule has 3 heteroatoms. The second kappa shape index (κ2) is 6.83. The van der Waals surface area contributed by atoms with Crippen molar-refractivity contribution in [3.05, 3.63) is 72.8 Å². The van der Waals surface area contributed by atoms with E-state index in [9.17, 15) is 0 Å². The number of fused-ring (bicyclic) bond motifs is 3. The molecule has 132 valence electrons. The molecule has 3 nitrogen and oxygen atoms in total. The van der Waals surface area contributed by atoms with E-state index < -0.39 is 0 Å². The molecule has 2 heterocycles. The summed E-state index contributed by atoms with van der Waals surface area (Å²) in [5.74, 6) is 0.964. The van der Waals surface area contributed by atoms with Crippen LogP contribution >= 0.6 is 0 Å². The van der Waals surface area contributed by atoms with Crippen LogP contribution in [0, 0.1) is 0 Å². The summed E-state index contributed by atoms with van der Waals surface area (Å²) in [5, 5.41) is 2.41. The van der Waals surface area contributed by atoms with Crippen LogP contribution in [0.25, 0.3) is 27.4 Å². The fourth-order valence-electron chi connectivity index (χ4n) is 3.51. The number of ether oxygens (including phenoxy) is 1. The van der Waals surface area contributed by atoms with Gasteiger partial charge in [0.1, 0.15) is 0 Å². The highest BCUT2D eigenvalue weighted by Gasteiger charge is 2.18. The van der Waals surface area contributed by atoms with E-state index >= 15 is 0 Å². The van der Waals surface area contributed by atoms with Gasteiger partial charge in [-0.25, -0.2) is 0 Å². The third-order valence-corrected chi connectivity index (χ3v) is 5.26. The van der Waals surface area contributed by atoms with Crippen LogP contribution in [0.1, 0.15) is 31.7 Å². The van der Waals surface area contributed by atoms with Crippen molar-refractivity contribution in [1.29, 1.82) is 0 Å². The molecule has 0 spiro atoms. The zero-order valence-electron chi connectivity index (χ0n) is 15.4. The summed E-state index contributed by atoms with van der Waals surface area (Å²) in [6.45, 7) is 6.02. The largest absolute Gasteiger partial charge is 0.495 e.